The van der Waals surface area contributed by atoms with E-state index in [1.54, 1.807) is 18.2 Å². The third-order valence-corrected chi connectivity index (χ3v) is 6.38. The van der Waals surface area contributed by atoms with Crippen molar-refractivity contribution in [2.45, 2.75) is 23.0 Å². The van der Waals surface area contributed by atoms with Crippen LogP contribution in [0.15, 0.2) is 45.9 Å². The molecule has 0 bridgehead atoms. The van der Waals surface area contributed by atoms with Crippen LogP contribution in [-0.4, -0.2) is 27.7 Å². The van der Waals surface area contributed by atoms with Crippen molar-refractivity contribution in [3.8, 4) is 11.5 Å². The van der Waals surface area contributed by atoms with Crippen LogP contribution in [0, 0.1) is 5.92 Å². The van der Waals surface area contributed by atoms with E-state index in [-0.39, 0.29) is 35.8 Å². The van der Waals surface area contributed by atoms with Crippen LogP contribution >= 0.6 is 0 Å². The Kier molecular flexibility index (Phi) is 3.91. The molecule has 1 aliphatic heterocycles. The molecule has 1 N–H and O–H groups in total. The molecule has 1 amide bonds. The van der Waals surface area contributed by atoms with Crippen LogP contribution in [0.1, 0.15) is 23.9 Å². The average Bonchev–Trinajstić information content (AvgIpc) is 3.11. The van der Waals surface area contributed by atoms with Gasteiger partial charge in [0.25, 0.3) is 0 Å². The highest BCUT2D eigenvalue weighted by atomic mass is 32.2. The van der Waals surface area contributed by atoms with E-state index < -0.39 is 15.1 Å². The highest BCUT2D eigenvalue weighted by molar-refractivity contribution is 7.91. The molecule has 1 atom stereocenters. The number of nitrogens with one attached hydrogen (secondary N) is 1. The lowest BCUT2D eigenvalue weighted by molar-refractivity contribution is -0.122. The third-order valence-electron chi connectivity index (χ3n) is 4.32. The molecule has 1 fully saturated rings. The largest absolute Gasteiger partial charge is 0.468 e. The van der Waals surface area contributed by atoms with Gasteiger partial charge < -0.3 is 19.2 Å². The Morgan fingerprint density at radius 2 is 2.00 bits per heavy atom. The monoisotopic (exact) mass is 363 g/mol. The Morgan fingerprint density at radius 3 is 2.72 bits per heavy atom. The third kappa shape index (κ3) is 3.09. The summed E-state index contributed by atoms with van der Waals surface area (Å²) in [6, 6.07) is 7.70. The molecule has 0 unspecified atom stereocenters. The summed E-state index contributed by atoms with van der Waals surface area (Å²) in [7, 11) is -3.79. The molecular formula is C17H17NO6S. The fourth-order valence-corrected chi connectivity index (χ4v) is 4.34. The Hall–Kier alpha value is -2.48. The van der Waals surface area contributed by atoms with Gasteiger partial charge in [-0.25, -0.2) is 8.42 Å². The quantitative estimate of drug-likeness (QED) is 0.844. The number of amides is 1. The number of furan rings is 1. The number of hydrogen-bond acceptors (Lipinski definition) is 6. The van der Waals surface area contributed by atoms with E-state index in [1.165, 1.54) is 18.4 Å². The van der Waals surface area contributed by atoms with E-state index >= 15 is 0 Å². The van der Waals surface area contributed by atoms with Gasteiger partial charge in [0.15, 0.2) is 21.3 Å². The van der Waals surface area contributed by atoms with Crippen molar-refractivity contribution in [3.63, 3.8) is 0 Å². The van der Waals surface area contributed by atoms with Crippen molar-refractivity contribution < 1.29 is 27.1 Å². The van der Waals surface area contributed by atoms with Crippen molar-refractivity contribution in [3.05, 3.63) is 42.4 Å². The minimum Gasteiger partial charge on any atom is -0.468 e. The van der Waals surface area contributed by atoms with Gasteiger partial charge in [-0.3, -0.25) is 4.79 Å². The van der Waals surface area contributed by atoms with Gasteiger partial charge in [-0.05, 0) is 37.1 Å². The molecule has 0 saturated heterocycles. The number of benzene rings is 1. The lowest BCUT2D eigenvalue weighted by Gasteiger charge is -2.17. The molecule has 25 heavy (non-hydrogen) atoms. The van der Waals surface area contributed by atoms with E-state index in [0.717, 1.165) is 12.8 Å². The number of hydrogen-bond donors (Lipinski definition) is 1. The average molecular weight is 363 g/mol. The predicted molar refractivity (Wildman–Crippen MR) is 86.9 cm³/mol. The number of sulfone groups is 1. The molecule has 7 nitrogen and oxygen atoms in total. The van der Waals surface area contributed by atoms with Gasteiger partial charge in [0, 0.05) is 18.5 Å². The SMILES string of the molecule is O=C(NC[C@@H](c1ccco1)S(=O)(=O)c1ccc2c(c1)OCO2)C1CC1. The van der Waals surface area contributed by atoms with Crippen LogP contribution < -0.4 is 14.8 Å². The zero-order chi connectivity index (χ0) is 17.4. The smallest absolute Gasteiger partial charge is 0.231 e. The van der Waals surface area contributed by atoms with Crippen LogP contribution in [0.2, 0.25) is 0 Å². The summed E-state index contributed by atoms with van der Waals surface area (Å²) < 4.78 is 42.0. The van der Waals surface area contributed by atoms with Crippen molar-refractivity contribution >= 4 is 15.7 Å². The first-order valence-corrected chi connectivity index (χ1v) is 9.55. The second-order valence-electron chi connectivity index (χ2n) is 6.08. The summed E-state index contributed by atoms with van der Waals surface area (Å²) in [5.74, 6) is 1.08. The van der Waals surface area contributed by atoms with Crippen molar-refractivity contribution in [1.82, 2.24) is 5.32 Å². The highest BCUT2D eigenvalue weighted by Gasteiger charge is 2.35. The number of carbonyl (C=O) groups is 1. The molecule has 2 heterocycles. The number of fused-ring (bicyclic) bond motifs is 1. The van der Waals surface area contributed by atoms with Gasteiger partial charge in [0.2, 0.25) is 12.7 Å². The highest BCUT2D eigenvalue weighted by Crippen LogP contribution is 2.37. The Balaban J connectivity index is 1.63. The molecule has 1 aliphatic carbocycles. The topological polar surface area (TPSA) is 94.8 Å². The maximum atomic E-state index is 13.1. The Morgan fingerprint density at radius 1 is 1.20 bits per heavy atom. The first kappa shape index (κ1) is 16.0. The molecule has 1 aromatic carbocycles. The van der Waals surface area contributed by atoms with E-state index in [9.17, 15) is 13.2 Å². The molecule has 1 saturated carbocycles. The fourth-order valence-electron chi connectivity index (χ4n) is 2.74. The van der Waals surface area contributed by atoms with E-state index in [4.69, 9.17) is 13.9 Å². The lowest BCUT2D eigenvalue weighted by atomic mass is 10.3. The van der Waals surface area contributed by atoms with Crippen LogP contribution in [0.3, 0.4) is 0 Å². The van der Waals surface area contributed by atoms with Gasteiger partial charge in [0.1, 0.15) is 11.0 Å². The summed E-state index contributed by atoms with van der Waals surface area (Å²) in [6.45, 7) is 0.0253. The Bertz CT molecular complexity index is 886. The van der Waals surface area contributed by atoms with Crippen LogP contribution in [0.5, 0.6) is 11.5 Å². The normalized spacial score (nSPS) is 17.3. The number of rotatable bonds is 6. The molecule has 8 heteroatoms. The maximum Gasteiger partial charge on any atom is 0.231 e. The molecule has 2 aliphatic rings. The Labute approximate surface area is 144 Å². The molecule has 4 rings (SSSR count). The van der Waals surface area contributed by atoms with Crippen LogP contribution in [0.25, 0.3) is 0 Å². The van der Waals surface area contributed by atoms with E-state index in [1.807, 2.05) is 0 Å². The van der Waals surface area contributed by atoms with Crippen molar-refractivity contribution in [2.75, 3.05) is 13.3 Å². The second kappa shape index (κ2) is 6.11. The minimum atomic E-state index is -3.79. The molecule has 0 radical (unpaired) electrons. The van der Waals surface area contributed by atoms with Gasteiger partial charge in [-0.15, -0.1) is 0 Å². The molecule has 1 aromatic heterocycles. The van der Waals surface area contributed by atoms with Gasteiger partial charge in [-0.1, -0.05) is 0 Å². The summed E-state index contributed by atoms with van der Waals surface area (Å²) >= 11 is 0. The van der Waals surface area contributed by atoms with Crippen molar-refractivity contribution in [1.29, 1.82) is 0 Å². The van der Waals surface area contributed by atoms with Gasteiger partial charge in [-0.2, -0.15) is 0 Å². The zero-order valence-corrected chi connectivity index (χ0v) is 14.1. The zero-order valence-electron chi connectivity index (χ0n) is 13.3. The lowest BCUT2D eigenvalue weighted by Crippen LogP contribution is -2.32. The first-order valence-electron chi connectivity index (χ1n) is 8.00. The summed E-state index contributed by atoms with van der Waals surface area (Å²) in [4.78, 5) is 12.0. The minimum absolute atomic E-state index is 0.00509. The van der Waals surface area contributed by atoms with E-state index in [0.29, 0.717) is 11.5 Å². The molecule has 0 spiro atoms. The molecule has 2 aromatic rings. The molecular weight excluding hydrogens is 346 g/mol. The summed E-state index contributed by atoms with van der Waals surface area (Å²) in [5.41, 5.74) is 0. The van der Waals surface area contributed by atoms with Crippen molar-refractivity contribution in [2.24, 2.45) is 5.92 Å². The first-order chi connectivity index (χ1) is 12.1. The van der Waals surface area contributed by atoms with Crippen LogP contribution in [0.4, 0.5) is 0 Å². The maximum absolute atomic E-state index is 13.1. The summed E-state index contributed by atoms with van der Waals surface area (Å²) in [6.07, 6.45) is 3.12. The van der Waals surface area contributed by atoms with Crippen LogP contribution in [-0.2, 0) is 14.6 Å². The second-order valence-corrected chi connectivity index (χ2v) is 8.21. The predicted octanol–water partition coefficient (Wildman–Crippen LogP) is 2.05. The summed E-state index contributed by atoms with van der Waals surface area (Å²) in [5, 5.41) is 1.72. The number of carbonyl (C=O) groups excluding carboxylic acids is 1. The molecule has 132 valence electrons. The van der Waals surface area contributed by atoms with Gasteiger partial charge in [0.05, 0.1) is 11.2 Å². The van der Waals surface area contributed by atoms with E-state index in [2.05, 4.69) is 5.32 Å². The fraction of sp³-hybridized carbons (Fsp3) is 0.353. The standard InChI is InChI=1S/C17H17NO6S/c19-17(11-3-4-11)18-9-16(14-2-1-7-22-14)25(20,21)12-5-6-13-15(8-12)24-10-23-13/h1-2,5-8,11,16H,3-4,9-10H2,(H,18,19)/t16-/m0/s1. The van der Waals surface area contributed by atoms with Gasteiger partial charge >= 0.3 is 0 Å². The number of ether oxygens (including phenoxy) is 2.